The van der Waals surface area contributed by atoms with Crippen LogP contribution in [-0.4, -0.2) is 60.2 Å². The molecule has 0 radical (unpaired) electrons. The van der Waals surface area contributed by atoms with Crippen molar-refractivity contribution in [1.29, 1.82) is 0 Å². The van der Waals surface area contributed by atoms with E-state index in [4.69, 9.17) is 0 Å². The predicted molar refractivity (Wildman–Crippen MR) is 114 cm³/mol. The second-order valence-electron chi connectivity index (χ2n) is 8.26. The standard InChI is InChI=1S/C22H35N3OS/c1-17(2)24-13-10-20(11-14-24)25-12-4-5-19(16-25)22(26)23-15-18-6-8-21(27-3)9-7-18/h6-9,17,19-20H,4-5,10-16H2,1-3H3,(H,23,26). The zero-order valence-electron chi connectivity index (χ0n) is 17.1. The second-order valence-corrected chi connectivity index (χ2v) is 9.14. The molecule has 0 saturated carbocycles. The van der Waals surface area contributed by atoms with Crippen LogP contribution < -0.4 is 5.32 Å². The Bertz CT molecular complexity index is 596. The van der Waals surface area contributed by atoms with Gasteiger partial charge in [0, 0.05) is 30.1 Å². The number of nitrogens with one attached hydrogen (secondary N) is 1. The van der Waals surface area contributed by atoms with Crippen molar-refractivity contribution >= 4 is 17.7 Å². The van der Waals surface area contributed by atoms with E-state index in [0.717, 1.165) is 25.9 Å². The monoisotopic (exact) mass is 389 g/mol. The molecule has 2 saturated heterocycles. The number of carbonyl (C=O) groups excluding carboxylic acids is 1. The minimum atomic E-state index is 0.146. The van der Waals surface area contributed by atoms with E-state index < -0.39 is 0 Å². The Morgan fingerprint density at radius 3 is 2.48 bits per heavy atom. The fourth-order valence-electron chi connectivity index (χ4n) is 4.40. The van der Waals surface area contributed by atoms with Crippen molar-refractivity contribution in [2.24, 2.45) is 5.92 Å². The molecular formula is C22H35N3OS. The topological polar surface area (TPSA) is 35.6 Å². The maximum absolute atomic E-state index is 12.7. The predicted octanol–water partition coefficient (Wildman–Crippen LogP) is 3.61. The minimum absolute atomic E-state index is 0.146. The van der Waals surface area contributed by atoms with Crippen LogP contribution in [0.5, 0.6) is 0 Å². The van der Waals surface area contributed by atoms with Gasteiger partial charge < -0.3 is 10.2 Å². The number of thioether (sulfide) groups is 1. The van der Waals surface area contributed by atoms with Gasteiger partial charge in [0.05, 0.1) is 5.92 Å². The van der Waals surface area contributed by atoms with E-state index in [1.807, 2.05) is 0 Å². The normalized spacial score (nSPS) is 22.9. The van der Waals surface area contributed by atoms with Gasteiger partial charge in [0.1, 0.15) is 0 Å². The van der Waals surface area contributed by atoms with Gasteiger partial charge in [-0.05, 0) is 83.1 Å². The largest absolute Gasteiger partial charge is 0.352 e. The molecule has 150 valence electrons. The number of hydrogen-bond donors (Lipinski definition) is 1. The average Bonchev–Trinajstić information content (AvgIpc) is 2.72. The summed E-state index contributed by atoms with van der Waals surface area (Å²) >= 11 is 1.74. The summed E-state index contributed by atoms with van der Waals surface area (Å²) in [6.45, 7) is 9.70. The number of carbonyl (C=O) groups is 1. The number of likely N-dealkylation sites (tertiary alicyclic amines) is 2. The van der Waals surface area contributed by atoms with Crippen molar-refractivity contribution in [3.8, 4) is 0 Å². The van der Waals surface area contributed by atoms with E-state index in [1.165, 1.54) is 36.4 Å². The number of piperidine rings is 2. The molecule has 5 heteroatoms. The Kier molecular flexibility index (Phi) is 7.62. The molecule has 1 amide bonds. The van der Waals surface area contributed by atoms with Crippen molar-refractivity contribution in [1.82, 2.24) is 15.1 Å². The first-order chi connectivity index (χ1) is 13.1. The third-order valence-electron chi connectivity index (χ3n) is 6.20. The molecule has 2 fully saturated rings. The van der Waals surface area contributed by atoms with Crippen molar-refractivity contribution in [3.63, 3.8) is 0 Å². The number of hydrogen-bond acceptors (Lipinski definition) is 4. The zero-order chi connectivity index (χ0) is 19.2. The lowest BCUT2D eigenvalue weighted by Crippen LogP contribution is -2.51. The second kappa shape index (κ2) is 9.94. The molecule has 2 aliphatic rings. The first-order valence-corrected chi connectivity index (χ1v) is 11.7. The molecule has 1 aromatic rings. The molecule has 1 aromatic carbocycles. The number of rotatable bonds is 6. The Balaban J connectivity index is 1.46. The molecule has 2 aliphatic heterocycles. The van der Waals surface area contributed by atoms with Gasteiger partial charge in [0.15, 0.2) is 0 Å². The fraction of sp³-hybridized carbons (Fsp3) is 0.682. The van der Waals surface area contributed by atoms with E-state index in [1.54, 1.807) is 11.8 Å². The highest BCUT2D eigenvalue weighted by Gasteiger charge is 2.31. The van der Waals surface area contributed by atoms with Crippen LogP contribution in [0.3, 0.4) is 0 Å². The van der Waals surface area contributed by atoms with Gasteiger partial charge in [0.2, 0.25) is 5.91 Å². The molecule has 1 N–H and O–H groups in total. The lowest BCUT2D eigenvalue weighted by molar-refractivity contribution is -0.127. The van der Waals surface area contributed by atoms with Crippen LogP contribution in [0.2, 0.25) is 0 Å². The fourth-order valence-corrected chi connectivity index (χ4v) is 4.80. The Hall–Kier alpha value is -1.04. The Morgan fingerprint density at radius 2 is 1.85 bits per heavy atom. The van der Waals surface area contributed by atoms with Crippen molar-refractivity contribution < 1.29 is 4.79 Å². The summed E-state index contributed by atoms with van der Waals surface area (Å²) in [6, 6.07) is 9.78. The minimum Gasteiger partial charge on any atom is -0.352 e. The molecule has 27 heavy (non-hydrogen) atoms. The molecule has 0 bridgehead atoms. The highest BCUT2D eigenvalue weighted by atomic mass is 32.2. The van der Waals surface area contributed by atoms with Crippen LogP contribution in [0.15, 0.2) is 29.2 Å². The molecule has 2 heterocycles. The number of nitrogens with zero attached hydrogens (tertiary/aromatic N) is 2. The maximum atomic E-state index is 12.7. The molecule has 0 aliphatic carbocycles. The van der Waals surface area contributed by atoms with Gasteiger partial charge in [-0.3, -0.25) is 9.69 Å². The Morgan fingerprint density at radius 1 is 1.15 bits per heavy atom. The van der Waals surface area contributed by atoms with E-state index in [2.05, 4.69) is 59.5 Å². The van der Waals surface area contributed by atoms with Crippen LogP contribution in [-0.2, 0) is 11.3 Å². The first-order valence-electron chi connectivity index (χ1n) is 10.5. The maximum Gasteiger partial charge on any atom is 0.224 e. The molecule has 0 spiro atoms. The summed E-state index contributed by atoms with van der Waals surface area (Å²) in [7, 11) is 0. The summed E-state index contributed by atoms with van der Waals surface area (Å²) in [5, 5.41) is 3.17. The van der Waals surface area contributed by atoms with Gasteiger partial charge in [-0.15, -0.1) is 11.8 Å². The zero-order valence-corrected chi connectivity index (χ0v) is 17.9. The van der Waals surface area contributed by atoms with Crippen LogP contribution in [0, 0.1) is 5.92 Å². The lowest BCUT2D eigenvalue weighted by atomic mass is 9.93. The summed E-state index contributed by atoms with van der Waals surface area (Å²) in [6.07, 6.45) is 6.74. The summed E-state index contributed by atoms with van der Waals surface area (Å²) in [5.41, 5.74) is 1.18. The van der Waals surface area contributed by atoms with Gasteiger partial charge in [-0.2, -0.15) is 0 Å². The molecule has 0 aromatic heterocycles. The number of benzene rings is 1. The van der Waals surface area contributed by atoms with Crippen molar-refractivity contribution in [2.45, 2.75) is 63.1 Å². The van der Waals surface area contributed by atoms with E-state index in [0.29, 0.717) is 18.6 Å². The van der Waals surface area contributed by atoms with Gasteiger partial charge in [-0.1, -0.05) is 12.1 Å². The quantitative estimate of drug-likeness (QED) is 0.754. The van der Waals surface area contributed by atoms with E-state index in [-0.39, 0.29) is 11.8 Å². The average molecular weight is 390 g/mol. The van der Waals surface area contributed by atoms with E-state index in [9.17, 15) is 4.79 Å². The summed E-state index contributed by atoms with van der Waals surface area (Å²) < 4.78 is 0. The summed E-state index contributed by atoms with van der Waals surface area (Å²) in [4.78, 5) is 19.1. The molecule has 3 rings (SSSR count). The van der Waals surface area contributed by atoms with Crippen LogP contribution in [0.1, 0.15) is 45.1 Å². The van der Waals surface area contributed by atoms with Gasteiger partial charge >= 0.3 is 0 Å². The molecule has 4 nitrogen and oxygen atoms in total. The summed E-state index contributed by atoms with van der Waals surface area (Å²) in [5.74, 6) is 0.376. The highest BCUT2D eigenvalue weighted by Crippen LogP contribution is 2.25. The third kappa shape index (κ3) is 5.72. The molecule has 1 atom stereocenters. The molecular weight excluding hydrogens is 354 g/mol. The first kappa shape index (κ1) is 20.7. The highest BCUT2D eigenvalue weighted by molar-refractivity contribution is 7.98. The molecule has 1 unspecified atom stereocenters. The Labute approximate surface area is 169 Å². The van der Waals surface area contributed by atoms with Crippen LogP contribution >= 0.6 is 11.8 Å². The lowest BCUT2D eigenvalue weighted by Gasteiger charge is -2.43. The third-order valence-corrected chi connectivity index (χ3v) is 6.94. The SMILES string of the molecule is CSc1ccc(CNC(=O)C2CCCN(C3CCN(C(C)C)CC3)C2)cc1. The van der Waals surface area contributed by atoms with Crippen molar-refractivity contribution in [3.05, 3.63) is 29.8 Å². The smallest absolute Gasteiger partial charge is 0.224 e. The van der Waals surface area contributed by atoms with E-state index >= 15 is 0 Å². The van der Waals surface area contributed by atoms with Crippen LogP contribution in [0.4, 0.5) is 0 Å². The van der Waals surface area contributed by atoms with Gasteiger partial charge in [-0.25, -0.2) is 0 Å². The van der Waals surface area contributed by atoms with Gasteiger partial charge in [0.25, 0.3) is 0 Å². The van der Waals surface area contributed by atoms with Crippen molar-refractivity contribution in [2.75, 3.05) is 32.4 Å². The number of amides is 1. The van der Waals surface area contributed by atoms with Crippen LogP contribution in [0.25, 0.3) is 0 Å².